The third-order valence-electron chi connectivity index (χ3n) is 11.4. The molecule has 0 aromatic heterocycles. The van der Waals surface area contributed by atoms with Crippen molar-refractivity contribution in [3.05, 3.63) is 63.7 Å². The average molecular weight is 743 g/mol. The summed E-state index contributed by atoms with van der Waals surface area (Å²) in [6, 6.07) is 9.92. The number of phenols is 1. The van der Waals surface area contributed by atoms with Gasteiger partial charge in [-0.3, -0.25) is 9.80 Å². The van der Waals surface area contributed by atoms with Gasteiger partial charge >= 0.3 is 0 Å². The third kappa shape index (κ3) is 5.83. The molecule has 4 aromatic carbocycles. The van der Waals surface area contributed by atoms with Gasteiger partial charge in [0.05, 0.1) is 56.9 Å². The van der Waals surface area contributed by atoms with Crippen LogP contribution in [0.3, 0.4) is 0 Å². The summed E-state index contributed by atoms with van der Waals surface area (Å²) >= 11 is 0. The van der Waals surface area contributed by atoms with E-state index in [1.54, 1.807) is 49.8 Å². The summed E-state index contributed by atoms with van der Waals surface area (Å²) < 4.78 is 53.9. The second-order valence-electron chi connectivity index (χ2n) is 13.8. The molecule has 2 aliphatic heterocycles. The Hall–Kier alpha value is -5.20. The number of rotatable bonds is 12. The van der Waals surface area contributed by atoms with Crippen LogP contribution >= 0.6 is 0 Å². The summed E-state index contributed by atoms with van der Waals surface area (Å²) in [6.45, 7) is 1.62. The van der Waals surface area contributed by atoms with Crippen molar-refractivity contribution in [2.75, 3.05) is 84.1 Å². The smallest absolute Gasteiger partial charge is 0.211 e. The topological polar surface area (TPSA) is 110 Å². The first-order valence-electron chi connectivity index (χ1n) is 18.0. The lowest BCUT2D eigenvalue weighted by molar-refractivity contribution is 0.222. The van der Waals surface area contributed by atoms with Crippen LogP contribution in [0.15, 0.2) is 30.3 Å². The molecule has 2 heterocycles. The molecule has 288 valence electrons. The van der Waals surface area contributed by atoms with Crippen molar-refractivity contribution in [2.45, 2.75) is 37.8 Å². The van der Waals surface area contributed by atoms with Crippen LogP contribution in [0, 0.1) is 0 Å². The van der Waals surface area contributed by atoms with E-state index < -0.39 is 0 Å². The van der Waals surface area contributed by atoms with Crippen LogP contribution in [0.5, 0.6) is 63.2 Å². The van der Waals surface area contributed by atoms with Gasteiger partial charge in [-0.05, 0) is 86.3 Å². The van der Waals surface area contributed by atoms with Crippen molar-refractivity contribution in [1.82, 2.24) is 9.80 Å². The fourth-order valence-corrected chi connectivity index (χ4v) is 8.69. The number of phenolic OH excluding ortho intramolecular Hbond substituents is 1. The number of aromatic hydroxyl groups is 1. The van der Waals surface area contributed by atoms with E-state index in [-0.39, 0.29) is 17.8 Å². The lowest BCUT2D eigenvalue weighted by Crippen LogP contribution is -2.36. The van der Waals surface area contributed by atoms with E-state index in [2.05, 4.69) is 30.0 Å². The summed E-state index contributed by atoms with van der Waals surface area (Å²) in [6.07, 6.45) is 2.80. The SMILES string of the molecule is COc1cc2c(cc1Oc1c(OC)ccc(CC3c4cc(OC)c(OC)c(O)c4CCN3C)c1OC)CC1c3c(c(OC)c(OC)c(OC)c3-2)CCN1C. The van der Waals surface area contributed by atoms with Gasteiger partial charge in [0.2, 0.25) is 17.2 Å². The minimum absolute atomic E-state index is 0.0898. The molecule has 54 heavy (non-hydrogen) atoms. The van der Waals surface area contributed by atoms with Gasteiger partial charge in [-0.1, -0.05) is 6.07 Å². The van der Waals surface area contributed by atoms with Crippen LogP contribution in [0.25, 0.3) is 11.1 Å². The highest BCUT2D eigenvalue weighted by Crippen LogP contribution is 2.58. The van der Waals surface area contributed by atoms with Crippen LogP contribution in [0.1, 0.15) is 45.5 Å². The van der Waals surface area contributed by atoms with Crippen LogP contribution < -0.4 is 42.6 Å². The summed E-state index contributed by atoms with van der Waals surface area (Å²) in [7, 11) is 17.2. The zero-order chi connectivity index (χ0) is 38.4. The first-order valence-corrected chi connectivity index (χ1v) is 18.0. The Bertz CT molecular complexity index is 2080. The second-order valence-corrected chi connectivity index (χ2v) is 13.8. The van der Waals surface area contributed by atoms with Crippen molar-refractivity contribution in [2.24, 2.45) is 0 Å². The van der Waals surface area contributed by atoms with Gasteiger partial charge < -0.3 is 47.7 Å². The van der Waals surface area contributed by atoms with E-state index >= 15 is 0 Å². The van der Waals surface area contributed by atoms with Gasteiger partial charge in [0, 0.05) is 47.4 Å². The first-order chi connectivity index (χ1) is 26.2. The highest BCUT2D eigenvalue weighted by molar-refractivity contribution is 5.87. The molecule has 0 saturated heterocycles. The summed E-state index contributed by atoms with van der Waals surface area (Å²) in [4.78, 5) is 4.65. The number of nitrogens with zero attached hydrogens (tertiary/aromatic N) is 2. The highest BCUT2D eigenvalue weighted by atomic mass is 16.6. The standard InChI is InChI=1S/C42H50N2O10/c1-43-15-13-24-27(21-33(48-5)39(51-8)36(24)45)28(43)17-22-11-12-30(46-3)40(37(22)49-6)54-32-19-23-18-29-34-25(14-16-44(29)2)38(50-7)42(53-10)41(52-9)35(34)26(23)20-31(32)47-4/h11-12,19-21,28-29,45H,13-18H2,1-10H3. The predicted octanol–water partition coefficient (Wildman–Crippen LogP) is 6.78. The molecule has 1 aliphatic carbocycles. The van der Waals surface area contributed by atoms with Crippen molar-refractivity contribution in [3.63, 3.8) is 0 Å². The molecular weight excluding hydrogens is 692 g/mol. The maximum absolute atomic E-state index is 11.2. The number of hydrogen-bond donors (Lipinski definition) is 1. The fraction of sp³-hybridized carbons (Fsp3) is 0.429. The Kier molecular flexibility index (Phi) is 10.3. The molecule has 2 atom stereocenters. The maximum Gasteiger partial charge on any atom is 0.211 e. The van der Waals surface area contributed by atoms with Crippen molar-refractivity contribution < 1.29 is 47.7 Å². The Morgan fingerprint density at radius 3 is 1.91 bits per heavy atom. The molecule has 0 fully saturated rings. The van der Waals surface area contributed by atoms with E-state index in [4.69, 9.17) is 42.6 Å². The molecule has 3 aliphatic rings. The van der Waals surface area contributed by atoms with Gasteiger partial charge in [-0.25, -0.2) is 0 Å². The second kappa shape index (κ2) is 14.9. The normalized spacial score (nSPS) is 17.4. The minimum atomic E-state index is -0.101. The molecule has 0 saturated carbocycles. The monoisotopic (exact) mass is 742 g/mol. The molecule has 0 amide bonds. The molecule has 1 N–H and O–H groups in total. The Morgan fingerprint density at radius 2 is 1.26 bits per heavy atom. The molecule has 7 rings (SSSR count). The minimum Gasteiger partial charge on any atom is -0.504 e. The van der Waals surface area contributed by atoms with E-state index in [1.165, 1.54) is 12.7 Å². The number of likely N-dealkylation sites (N-methyl/N-ethyl adjacent to an activating group) is 2. The molecular formula is C42H50N2O10. The lowest BCUT2D eigenvalue weighted by atomic mass is 9.76. The predicted molar refractivity (Wildman–Crippen MR) is 204 cm³/mol. The Labute approximate surface area is 316 Å². The quantitative estimate of drug-likeness (QED) is 0.165. The van der Waals surface area contributed by atoms with Crippen molar-refractivity contribution >= 4 is 0 Å². The maximum atomic E-state index is 11.2. The highest BCUT2D eigenvalue weighted by Gasteiger charge is 2.40. The van der Waals surface area contributed by atoms with E-state index in [9.17, 15) is 5.11 Å². The van der Waals surface area contributed by atoms with Crippen molar-refractivity contribution in [3.8, 4) is 74.4 Å². The first kappa shape index (κ1) is 37.1. The summed E-state index contributed by atoms with van der Waals surface area (Å²) in [5.74, 6) is 5.40. The molecule has 0 radical (unpaired) electrons. The third-order valence-corrected chi connectivity index (χ3v) is 11.4. The largest absolute Gasteiger partial charge is 0.504 e. The van der Waals surface area contributed by atoms with E-state index in [0.717, 1.165) is 70.6 Å². The fourth-order valence-electron chi connectivity index (χ4n) is 8.69. The van der Waals surface area contributed by atoms with Crippen LogP contribution in [-0.4, -0.2) is 99.0 Å². The van der Waals surface area contributed by atoms with Crippen molar-refractivity contribution in [1.29, 1.82) is 0 Å². The van der Waals surface area contributed by atoms with Gasteiger partial charge in [0.15, 0.2) is 46.0 Å². The van der Waals surface area contributed by atoms with E-state index in [1.807, 2.05) is 24.3 Å². The van der Waals surface area contributed by atoms with Gasteiger partial charge in [0.1, 0.15) is 0 Å². The molecule has 12 heteroatoms. The number of ether oxygens (including phenoxy) is 9. The van der Waals surface area contributed by atoms with E-state index in [0.29, 0.717) is 64.6 Å². The van der Waals surface area contributed by atoms with Gasteiger partial charge in [-0.15, -0.1) is 0 Å². The van der Waals surface area contributed by atoms with Crippen LogP contribution in [-0.2, 0) is 25.7 Å². The molecule has 12 nitrogen and oxygen atoms in total. The summed E-state index contributed by atoms with van der Waals surface area (Å²) in [5.41, 5.74) is 8.09. The van der Waals surface area contributed by atoms with Gasteiger partial charge in [-0.2, -0.15) is 0 Å². The van der Waals surface area contributed by atoms with Gasteiger partial charge in [0.25, 0.3) is 0 Å². The Morgan fingerprint density at radius 1 is 0.611 bits per heavy atom. The zero-order valence-corrected chi connectivity index (χ0v) is 32.8. The zero-order valence-electron chi connectivity index (χ0n) is 32.8. The summed E-state index contributed by atoms with van der Waals surface area (Å²) in [5, 5.41) is 11.2. The van der Waals surface area contributed by atoms with Crippen LogP contribution in [0.4, 0.5) is 0 Å². The Balaban J connectivity index is 1.33. The molecule has 0 spiro atoms. The number of fused-ring (bicyclic) bond motifs is 3. The molecule has 0 bridgehead atoms. The number of hydrogen-bond acceptors (Lipinski definition) is 12. The lowest BCUT2D eigenvalue weighted by Gasteiger charge is -2.41. The number of benzene rings is 4. The van der Waals surface area contributed by atoms with Crippen LogP contribution in [0.2, 0.25) is 0 Å². The molecule has 2 unspecified atom stereocenters. The molecule has 4 aromatic rings. The average Bonchev–Trinajstić information content (AvgIpc) is 3.19. The number of methoxy groups -OCH3 is 8.